The van der Waals surface area contributed by atoms with Crippen molar-refractivity contribution >= 4 is 0 Å². The monoisotopic (exact) mass is 291 g/mol. The van der Waals surface area contributed by atoms with Gasteiger partial charge >= 0.3 is 0 Å². The summed E-state index contributed by atoms with van der Waals surface area (Å²) in [6.07, 6.45) is 6.30. The number of methoxy groups -OCH3 is 1. The maximum atomic E-state index is 5.32. The summed E-state index contributed by atoms with van der Waals surface area (Å²) in [6.45, 7) is 9.96. The molecular weight excluding hydrogens is 262 g/mol. The molecule has 0 fully saturated rings. The van der Waals surface area contributed by atoms with Crippen molar-refractivity contribution in [1.82, 2.24) is 15.3 Å². The molecule has 4 nitrogen and oxygen atoms in total. The fourth-order valence-corrected chi connectivity index (χ4v) is 3.03. The first-order valence-corrected chi connectivity index (χ1v) is 8.06. The number of aromatic nitrogens is 2. The summed E-state index contributed by atoms with van der Waals surface area (Å²) in [4.78, 5) is 9.38. The van der Waals surface area contributed by atoms with Crippen molar-refractivity contribution in [2.45, 2.75) is 65.5 Å². The summed E-state index contributed by atoms with van der Waals surface area (Å²) in [5.74, 6) is 0.898. The zero-order chi connectivity index (χ0) is 15.5. The minimum absolute atomic E-state index is 0.161. The summed E-state index contributed by atoms with van der Waals surface area (Å²) in [7, 11) is 1.73. The minimum atomic E-state index is 0.161. The van der Waals surface area contributed by atoms with Gasteiger partial charge < -0.3 is 10.1 Å². The van der Waals surface area contributed by atoms with E-state index in [1.54, 1.807) is 7.11 Å². The number of hydrogen-bond donors (Lipinski definition) is 1. The smallest absolute Gasteiger partial charge is 0.131 e. The average molecular weight is 291 g/mol. The fourth-order valence-electron chi connectivity index (χ4n) is 3.03. The van der Waals surface area contributed by atoms with Gasteiger partial charge in [0.05, 0.1) is 6.10 Å². The van der Waals surface area contributed by atoms with Crippen LogP contribution in [0.4, 0.5) is 0 Å². The van der Waals surface area contributed by atoms with E-state index in [9.17, 15) is 0 Å². The molecule has 4 heteroatoms. The van der Waals surface area contributed by atoms with E-state index in [0.29, 0.717) is 6.04 Å². The molecule has 118 valence electrons. The molecular formula is C17H29N3O. The van der Waals surface area contributed by atoms with Crippen LogP contribution in [0, 0.1) is 5.41 Å². The molecule has 1 aliphatic rings. The highest BCUT2D eigenvalue weighted by Gasteiger charge is 2.33. The van der Waals surface area contributed by atoms with Gasteiger partial charge in [-0.2, -0.15) is 0 Å². The van der Waals surface area contributed by atoms with Crippen LogP contribution in [0.5, 0.6) is 0 Å². The zero-order valence-corrected chi connectivity index (χ0v) is 14.1. The van der Waals surface area contributed by atoms with Gasteiger partial charge in [0.1, 0.15) is 5.82 Å². The molecule has 2 atom stereocenters. The highest BCUT2D eigenvalue weighted by Crippen LogP contribution is 2.39. The molecule has 0 aliphatic heterocycles. The topological polar surface area (TPSA) is 47.0 Å². The van der Waals surface area contributed by atoms with Crippen LogP contribution in [0.25, 0.3) is 0 Å². The summed E-state index contributed by atoms with van der Waals surface area (Å²) in [5, 5.41) is 3.65. The Bertz CT molecular complexity index is 473. The first kappa shape index (κ1) is 16.4. The lowest BCUT2D eigenvalue weighted by Gasteiger charge is -2.36. The average Bonchev–Trinajstić information content (AvgIpc) is 2.43. The van der Waals surface area contributed by atoms with Crippen LogP contribution < -0.4 is 5.32 Å². The van der Waals surface area contributed by atoms with E-state index in [1.807, 2.05) is 6.20 Å². The Labute approximate surface area is 128 Å². The van der Waals surface area contributed by atoms with E-state index < -0.39 is 0 Å². The number of nitrogens with one attached hydrogen (secondary N) is 1. The fraction of sp³-hybridized carbons (Fsp3) is 0.765. The summed E-state index contributed by atoms with van der Waals surface area (Å²) in [5.41, 5.74) is 2.79. The van der Waals surface area contributed by atoms with Gasteiger partial charge in [-0.05, 0) is 38.1 Å². The van der Waals surface area contributed by atoms with Crippen LogP contribution in [0.3, 0.4) is 0 Å². The van der Waals surface area contributed by atoms with Crippen LogP contribution in [-0.4, -0.2) is 29.7 Å². The maximum Gasteiger partial charge on any atom is 0.131 e. The minimum Gasteiger partial charge on any atom is -0.381 e. The Morgan fingerprint density at radius 3 is 2.90 bits per heavy atom. The van der Waals surface area contributed by atoms with Gasteiger partial charge in [-0.1, -0.05) is 20.8 Å². The second-order valence-corrected chi connectivity index (χ2v) is 6.99. The van der Waals surface area contributed by atoms with Gasteiger partial charge in [0.2, 0.25) is 0 Å². The van der Waals surface area contributed by atoms with Crippen LogP contribution in [0.2, 0.25) is 0 Å². The molecule has 21 heavy (non-hydrogen) atoms. The van der Waals surface area contributed by atoms with Crippen molar-refractivity contribution in [2.24, 2.45) is 5.41 Å². The standard InChI is InChI=1S/C17H29N3O/c1-6-7-18-14-9-17(3,4)10-15-13(14)11-19-16(20-15)8-12(2)21-5/h11-12,14,18H,6-10H2,1-5H3. The molecule has 0 bridgehead atoms. The summed E-state index contributed by atoms with van der Waals surface area (Å²) in [6, 6.07) is 0.387. The van der Waals surface area contributed by atoms with Crippen molar-refractivity contribution in [3.05, 3.63) is 23.3 Å². The Kier molecular flexibility index (Phi) is 5.33. The molecule has 0 spiro atoms. The van der Waals surface area contributed by atoms with Crippen LogP contribution in [0.1, 0.15) is 63.7 Å². The third-order valence-electron chi connectivity index (χ3n) is 4.24. The van der Waals surface area contributed by atoms with E-state index in [0.717, 1.165) is 38.1 Å². The first-order chi connectivity index (χ1) is 9.95. The molecule has 1 aromatic rings. The largest absolute Gasteiger partial charge is 0.381 e. The highest BCUT2D eigenvalue weighted by atomic mass is 16.5. The van der Waals surface area contributed by atoms with Crippen molar-refractivity contribution in [2.75, 3.05) is 13.7 Å². The van der Waals surface area contributed by atoms with E-state index in [-0.39, 0.29) is 11.5 Å². The van der Waals surface area contributed by atoms with Gasteiger partial charge in [-0.3, -0.25) is 0 Å². The lowest BCUT2D eigenvalue weighted by Crippen LogP contribution is -2.35. The Morgan fingerprint density at radius 2 is 2.24 bits per heavy atom. The van der Waals surface area contributed by atoms with E-state index >= 15 is 0 Å². The van der Waals surface area contributed by atoms with E-state index in [1.165, 1.54) is 11.3 Å². The third-order valence-corrected chi connectivity index (χ3v) is 4.24. The molecule has 0 radical (unpaired) electrons. The van der Waals surface area contributed by atoms with Gasteiger partial charge in [0.15, 0.2) is 0 Å². The van der Waals surface area contributed by atoms with Crippen LogP contribution in [0.15, 0.2) is 6.20 Å². The number of hydrogen-bond acceptors (Lipinski definition) is 4. The lowest BCUT2D eigenvalue weighted by atomic mass is 9.74. The molecule has 2 unspecified atom stereocenters. The molecule has 0 amide bonds. The predicted molar refractivity (Wildman–Crippen MR) is 85.3 cm³/mol. The SMILES string of the molecule is CCCNC1CC(C)(C)Cc2nc(CC(C)OC)ncc21. The van der Waals surface area contributed by atoms with Gasteiger partial charge in [-0.15, -0.1) is 0 Å². The molecule has 1 aromatic heterocycles. The van der Waals surface area contributed by atoms with Gasteiger partial charge in [0, 0.05) is 37.0 Å². The number of ether oxygens (including phenoxy) is 1. The van der Waals surface area contributed by atoms with E-state index in [2.05, 4.69) is 38.0 Å². The number of rotatable bonds is 6. The van der Waals surface area contributed by atoms with Crippen LogP contribution >= 0.6 is 0 Å². The number of fused-ring (bicyclic) bond motifs is 1. The van der Waals surface area contributed by atoms with Crippen molar-refractivity contribution in [3.63, 3.8) is 0 Å². The van der Waals surface area contributed by atoms with E-state index in [4.69, 9.17) is 9.72 Å². The third kappa shape index (κ3) is 4.24. The summed E-state index contributed by atoms with van der Waals surface area (Å²) < 4.78 is 5.32. The van der Waals surface area contributed by atoms with Gasteiger partial charge in [-0.25, -0.2) is 9.97 Å². The molecule has 0 saturated heterocycles. The van der Waals surface area contributed by atoms with Gasteiger partial charge in [0.25, 0.3) is 0 Å². The molecule has 2 rings (SSSR count). The highest BCUT2D eigenvalue weighted by molar-refractivity contribution is 5.26. The maximum absolute atomic E-state index is 5.32. The second kappa shape index (κ2) is 6.84. The zero-order valence-electron chi connectivity index (χ0n) is 14.1. The van der Waals surface area contributed by atoms with Crippen molar-refractivity contribution in [3.8, 4) is 0 Å². The van der Waals surface area contributed by atoms with Crippen molar-refractivity contribution in [1.29, 1.82) is 0 Å². The quantitative estimate of drug-likeness (QED) is 0.875. The molecule has 0 aromatic carbocycles. The predicted octanol–water partition coefficient (Wildman–Crippen LogP) is 3.07. The van der Waals surface area contributed by atoms with Crippen molar-refractivity contribution < 1.29 is 4.74 Å². The lowest BCUT2D eigenvalue weighted by molar-refractivity contribution is 0.117. The first-order valence-electron chi connectivity index (χ1n) is 8.06. The summed E-state index contributed by atoms with van der Waals surface area (Å²) >= 11 is 0. The Hall–Kier alpha value is -1.00. The molecule has 1 aliphatic carbocycles. The molecule has 1 heterocycles. The molecule has 1 N–H and O–H groups in total. The normalized spacial score (nSPS) is 21.9. The number of nitrogens with zero attached hydrogens (tertiary/aromatic N) is 2. The Balaban J connectivity index is 2.23. The second-order valence-electron chi connectivity index (χ2n) is 6.99. The van der Waals surface area contributed by atoms with Crippen LogP contribution in [-0.2, 0) is 17.6 Å². The Morgan fingerprint density at radius 1 is 1.48 bits per heavy atom. The molecule has 0 saturated carbocycles.